The highest BCUT2D eigenvalue weighted by molar-refractivity contribution is 6.21. The highest BCUT2D eigenvalue weighted by atomic mass is 16.5. The van der Waals surface area contributed by atoms with Gasteiger partial charge in [-0.15, -0.1) is 0 Å². The molecule has 2 aromatic heterocycles. The van der Waals surface area contributed by atoms with Crippen molar-refractivity contribution < 1.29 is 19.1 Å². The Morgan fingerprint density at radius 2 is 1.61 bits per heavy atom. The third kappa shape index (κ3) is 3.33. The van der Waals surface area contributed by atoms with Crippen molar-refractivity contribution in [3.63, 3.8) is 0 Å². The molecule has 1 aromatic carbocycles. The molecule has 3 heterocycles. The second-order valence-corrected chi connectivity index (χ2v) is 7.09. The van der Waals surface area contributed by atoms with Crippen LogP contribution in [0, 0.1) is 0 Å². The van der Waals surface area contributed by atoms with Gasteiger partial charge in [-0.1, -0.05) is 12.1 Å². The fourth-order valence-electron chi connectivity index (χ4n) is 3.54. The molecule has 0 saturated heterocycles. The van der Waals surface area contributed by atoms with E-state index in [4.69, 9.17) is 4.74 Å². The van der Waals surface area contributed by atoms with Crippen molar-refractivity contribution in [3.8, 4) is 0 Å². The molecule has 0 spiro atoms. The van der Waals surface area contributed by atoms with Crippen LogP contribution in [0.25, 0.3) is 11.2 Å². The average molecular weight is 425 g/mol. The minimum atomic E-state index is -0.555. The predicted octanol–water partition coefficient (Wildman–Crippen LogP) is -0.337. The lowest BCUT2D eigenvalue weighted by molar-refractivity contribution is -0.144. The van der Waals surface area contributed by atoms with Gasteiger partial charge in [-0.3, -0.25) is 33.2 Å². The van der Waals surface area contributed by atoms with Crippen molar-refractivity contribution in [2.45, 2.75) is 13.0 Å². The maximum atomic E-state index is 12.4. The summed E-state index contributed by atoms with van der Waals surface area (Å²) >= 11 is 0. The molecule has 0 atom stereocenters. The highest BCUT2D eigenvalue weighted by Gasteiger charge is 2.34. The van der Waals surface area contributed by atoms with Crippen LogP contribution in [0.2, 0.25) is 0 Å². The maximum Gasteiger partial charge on any atom is 0.332 e. The van der Waals surface area contributed by atoms with Crippen molar-refractivity contribution in [2.75, 3.05) is 13.2 Å². The number of hydrogen-bond acceptors (Lipinski definition) is 7. The molecule has 0 fully saturated rings. The first-order valence-corrected chi connectivity index (χ1v) is 9.53. The summed E-state index contributed by atoms with van der Waals surface area (Å²) < 4.78 is 8.87. The Kier molecular flexibility index (Phi) is 5.01. The number of esters is 1. The number of amides is 2. The molecule has 0 unspecified atom stereocenters. The van der Waals surface area contributed by atoms with Crippen molar-refractivity contribution >= 4 is 28.9 Å². The van der Waals surface area contributed by atoms with E-state index in [1.54, 1.807) is 24.3 Å². The number of nitrogens with zero attached hydrogens (tertiary/aromatic N) is 5. The van der Waals surface area contributed by atoms with Crippen molar-refractivity contribution in [1.82, 2.24) is 23.6 Å². The molecule has 1 aliphatic heterocycles. The lowest BCUT2D eigenvalue weighted by Gasteiger charge is -2.14. The lowest BCUT2D eigenvalue weighted by Crippen LogP contribution is -2.37. The number of aromatic nitrogens is 4. The van der Waals surface area contributed by atoms with Crippen molar-refractivity contribution in [3.05, 3.63) is 62.6 Å². The molecule has 0 saturated carbocycles. The number of benzene rings is 1. The molecule has 11 heteroatoms. The number of ether oxygens (including phenoxy) is 1. The largest absolute Gasteiger partial charge is 0.464 e. The summed E-state index contributed by atoms with van der Waals surface area (Å²) in [5, 5.41) is 0. The van der Waals surface area contributed by atoms with Crippen LogP contribution in [0.15, 0.2) is 40.2 Å². The summed E-state index contributed by atoms with van der Waals surface area (Å²) in [5.41, 5.74) is 0.115. The Morgan fingerprint density at radius 1 is 0.968 bits per heavy atom. The number of rotatable bonds is 6. The molecule has 31 heavy (non-hydrogen) atoms. The average Bonchev–Trinajstić information content (AvgIpc) is 3.30. The predicted molar refractivity (Wildman–Crippen MR) is 108 cm³/mol. The van der Waals surface area contributed by atoms with Crippen LogP contribution >= 0.6 is 0 Å². The number of fused-ring (bicyclic) bond motifs is 2. The smallest absolute Gasteiger partial charge is 0.332 e. The summed E-state index contributed by atoms with van der Waals surface area (Å²) in [5.74, 6) is -1.38. The SMILES string of the molecule is Cn1c(=O)c2c(ncn2CCC(=O)OCCN2C(=O)c3ccccc3C2=O)n(C)c1=O. The van der Waals surface area contributed by atoms with Crippen LogP contribution in [-0.4, -0.2) is 54.5 Å². The normalized spacial score (nSPS) is 13.2. The lowest BCUT2D eigenvalue weighted by atomic mass is 10.1. The first-order chi connectivity index (χ1) is 14.8. The van der Waals surface area contributed by atoms with E-state index in [2.05, 4.69) is 4.98 Å². The van der Waals surface area contributed by atoms with Gasteiger partial charge in [0.1, 0.15) is 6.61 Å². The first-order valence-electron chi connectivity index (χ1n) is 9.53. The third-order valence-corrected chi connectivity index (χ3v) is 5.23. The van der Waals surface area contributed by atoms with Gasteiger partial charge in [-0.2, -0.15) is 0 Å². The fourth-order valence-corrected chi connectivity index (χ4v) is 3.54. The second kappa shape index (κ2) is 7.67. The van der Waals surface area contributed by atoms with E-state index in [9.17, 15) is 24.0 Å². The van der Waals surface area contributed by atoms with Crippen LogP contribution in [0.4, 0.5) is 0 Å². The molecule has 0 radical (unpaired) electrons. The van der Waals surface area contributed by atoms with Gasteiger partial charge in [0, 0.05) is 20.6 Å². The van der Waals surface area contributed by atoms with E-state index in [0.717, 1.165) is 9.47 Å². The van der Waals surface area contributed by atoms with E-state index in [1.807, 2.05) is 0 Å². The molecule has 11 nitrogen and oxygen atoms in total. The number of hydrogen-bond donors (Lipinski definition) is 0. The number of carbonyl (C=O) groups excluding carboxylic acids is 3. The highest BCUT2D eigenvalue weighted by Crippen LogP contribution is 2.21. The van der Waals surface area contributed by atoms with Gasteiger partial charge in [0.25, 0.3) is 17.4 Å². The van der Waals surface area contributed by atoms with Gasteiger partial charge in [0.2, 0.25) is 0 Å². The third-order valence-electron chi connectivity index (χ3n) is 5.23. The van der Waals surface area contributed by atoms with Gasteiger partial charge in [0.05, 0.1) is 30.4 Å². The Morgan fingerprint density at radius 3 is 2.26 bits per heavy atom. The monoisotopic (exact) mass is 425 g/mol. The summed E-state index contributed by atoms with van der Waals surface area (Å²) in [7, 11) is 2.88. The number of aryl methyl sites for hydroxylation is 2. The molecular formula is C20H19N5O6. The van der Waals surface area contributed by atoms with E-state index in [-0.39, 0.29) is 37.3 Å². The summed E-state index contributed by atoms with van der Waals surface area (Å²) in [6.45, 7) is -0.0597. The molecule has 1 aliphatic rings. The van der Waals surface area contributed by atoms with Crippen LogP contribution in [0.3, 0.4) is 0 Å². The van der Waals surface area contributed by atoms with Crippen molar-refractivity contribution in [2.24, 2.45) is 14.1 Å². The zero-order valence-corrected chi connectivity index (χ0v) is 16.9. The van der Waals surface area contributed by atoms with Crippen LogP contribution in [0.5, 0.6) is 0 Å². The maximum absolute atomic E-state index is 12.4. The molecule has 4 rings (SSSR count). The first kappa shape index (κ1) is 20.3. The fraction of sp³-hybridized carbons (Fsp3) is 0.300. The number of imidazole rings is 1. The quantitative estimate of drug-likeness (QED) is 0.391. The topological polar surface area (TPSA) is 126 Å². The Labute approximate surface area is 175 Å². The zero-order valence-electron chi connectivity index (χ0n) is 16.9. The van der Waals surface area contributed by atoms with Crippen LogP contribution in [-0.2, 0) is 30.2 Å². The molecule has 3 aromatic rings. The van der Waals surface area contributed by atoms with Gasteiger partial charge in [-0.05, 0) is 12.1 Å². The van der Waals surface area contributed by atoms with Gasteiger partial charge < -0.3 is 9.30 Å². The second-order valence-electron chi connectivity index (χ2n) is 7.09. The van der Waals surface area contributed by atoms with E-state index in [0.29, 0.717) is 11.1 Å². The van der Waals surface area contributed by atoms with Crippen LogP contribution in [0.1, 0.15) is 27.1 Å². The van der Waals surface area contributed by atoms with Gasteiger partial charge in [0.15, 0.2) is 11.2 Å². The van der Waals surface area contributed by atoms with Gasteiger partial charge in [-0.25, -0.2) is 9.78 Å². The Balaban J connectivity index is 1.36. The number of carbonyl (C=O) groups is 3. The summed E-state index contributed by atoms with van der Waals surface area (Å²) in [4.78, 5) is 66.2. The molecule has 0 aliphatic carbocycles. The van der Waals surface area contributed by atoms with Gasteiger partial charge >= 0.3 is 11.7 Å². The van der Waals surface area contributed by atoms with E-state index < -0.39 is 29.0 Å². The molecular weight excluding hydrogens is 406 g/mol. The Bertz CT molecular complexity index is 1310. The molecule has 0 bridgehead atoms. The summed E-state index contributed by atoms with van der Waals surface area (Å²) in [6, 6.07) is 6.52. The molecule has 0 N–H and O–H groups in total. The summed E-state index contributed by atoms with van der Waals surface area (Å²) in [6.07, 6.45) is 1.33. The minimum absolute atomic E-state index is 0.0469. The zero-order chi connectivity index (χ0) is 22.3. The standard InChI is InChI=1S/C20H19N5O6/c1-22-16-15(19(29)23(2)20(22)30)24(11-21-16)8-7-14(26)31-10-9-25-17(27)12-5-3-4-6-13(12)18(25)28/h3-6,11H,7-10H2,1-2H3. The van der Waals surface area contributed by atoms with E-state index >= 15 is 0 Å². The van der Waals surface area contributed by atoms with E-state index in [1.165, 1.54) is 29.6 Å². The number of imide groups is 1. The van der Waals surface area contributed by atoms with Crippen molar-refractivity contribution in [1.29, 1.82) is 0 Å². The van der Waals surface area contributed by atoms with Crippen LogP contribution < -0.4 is 11.2 Å². The minimum Gasteiger partial charge on any atom is -0.464 e. The molecule has 2 amide bonds. The Hall–Kier alpha value is -4.02. The molecule has 160 valence electrons.